The predicted molar refractivity (Wildman–Crippen MR) is 65.6 cm³/mol. The van der Waals surface area contributed by atoms with Crippen molar-refractivity contribution in [1.29, 1.82) is 0 Å². The number of pyridine rings is 1. The number of imidazole rings is 1. The molecule has 0 unspecified atom stereocenters. The second-order valence-electron chi connectivity index (χ2n) is 3.29. The molecule has 0 aromatic carbocycles. The van der Waals surface area contributed by atoms with Crippen molar-refractivity contribution in [3.05, 3.63) is 49.3 Å². The summed E-state index contributed by atoms with van der Waals surface area (Å²) in [5.74, 6) is 0. The van der Waals surface area contributed by atoms with E-state index in [4.69, 9.17) is 0 Å². The first-order valence-corrected chi connectivity index (χ1v) is 5.56. The number of aryl methyl sites for hydroxylation is 3. The maximum Gasteiger partial charge on any atom is 0.243 e. The molecular weight excluding hydrogens is 376 g/mol. The van der Waals surface area contributed by atoms with E-state index in [0.29, 0.717) is 0 Å². The molecule has 0 aliphatic carbocycles. The number of rotatable bonds is 0. The molecule has 0 aliphatic rings. The first-order chi connectivity index (χ1) is 7.68. The van der Waals surface area contributed by atoms with Crippen molar-refractivity contribution < 1.29 is 74.6 Å². The van der Waals surface area contributed by atoms with Crippen LogP contribution in [0.15, 0.2) is 49.3 Å². The second-order valence-corrected chi connectivity index (χ2v) is 3.29. The summed E-state index contributed by atoms with van der Waals surface area (Å²) in [6.07, 6.45) is 10.0. The molecule has 2 aromatic heterocycles. The molecule has 0 aliphatic heterocycles. The van der Waals surface area contributed by atoms with Crippen LogP contribution in [-0.4, -0.2) is 4.57 Å². The van der Waals surface area contributed by atoms with Crippen molar-refractivity contribution in [3.8, 4) is 0 Å². The van der Waals surface area contributed by atoms with Crippen LogP contribution >= 0.6 is 0 Å². The second kappa shape index (κ2) is 15.6. The Hall–Kier alpha value is 0.568. The van der Waals surface area contributed by atoms with E-state index in [-0.39, 0.29) is 65.4 Å². The monoisotopic (exact) mass is 399 g/mol. The van der Waals surface area contributed by atoms with E-state index in [2.05, 4.69) is 0 Å². The number of hydrogen-bond donors (Lipinski definition) is 0. The third-order valence-corrected chi connectivity index (χ3v) is 1.77. The molecule has 2 rings (SSSR count). The molecule has 2 heterocycles. The van der Waals surface area contributed by atoms with Gasteiger partial charge < -0.3 is 0 Å². The van der Waals surface area contributed by atoms with Crippen molar-refractivity contribution in [2.24, 2.45) is 21.1 Å². The van der Waals surface area contributed by atoms with Gasteiger partial charge in [-0.25, -0.2) is 13.7 Å². The summed E-state index contributed by atoms with van der Waals surface area (Å²) in [5.41, 5.74) is 0. The Morgan fingerprint density at radius 2 is 1.28 bits per heavy atom. The van der Waals surface area contributed by atoms with Gasteiger partial charge in [0, 0.05) is 77.6 Å². The maximum atomic E-state index is 2.00. The zero-order chi connectivity index (χ0) is 12.4. The predicted octanol–water partition coefficient (Wildman–Crippen LogP) is 1.38. The van der Waals surface area contributed by atoms with Crippen molar-refractivity contribution in [1.82, 2.24) is 4.57 Å². The Kier molecular flexibility index (Phi) is 20.5. The van der Waals surface area contributed by atoms with Gasteiger partial charge in [-0.1, -0.05) is 19.9 Å². The average Bonchev–Trinajstić information content (AvgIpc) is 2.67. The van der Waals surface area contributed by atoms with Gasteiger partial charge in [-0.3, -0.25) is 0 Å². The molecule has 0 spiro atoms. The molecular formula is C13H23N3Y2+2. The fourth-order valence-electron chi connectivity index (χ4n) is 1.06. The van der Waals surface area contributed by atoms with E-state index >= 15 is 0 Å². The summed E-state index contributed by atoms with van der Waals surface area (Å²) in [6.45, 7) is 4.00. The topological polar surface area (TPSA) is 12.7 Å². The van der Waals surface area contributed by atoms with Gasteiger partial charge in [0.1, 0.15) is 19.4 Å². The molecule has 3 nitrogen and oxygen atoms in total. The van der Waals surface area contributed by atoms with E-state index in [1.54, 1.807) is 0 Å². The molecule has 18 heavy (non-hydrogen) atoms. The van der Waals surface area contributed by atoms with Gasteiger partial charge in [-0.05, 0) is 0 Å². The fourth-order valence-corrected chi connectivity index (χ4v) is 1.06. The van der Waals surface area contributed by atoms with Gasteiger partial charge in [0.2, 0.25) is 6.33 Å². The van der Waals surface area contributed by atoms with Gasteiger partial charge in [0.15, 0.2) is 12.4 Å². The van der Waals surface area contributed by atoms with Crippen LogP contribution in [0.2, 0.25) is 0 Å². The van der Waals surface area contributed by atoms with Gasteiger partial charge in [-0.2, -0.15) is 0 Å². The third-order valence-electron chi connectivity index (χ3n) is 1.77. The third kappa shape index (κ3) is 13.0. The quantitative estimate of drug-likeness (QED) is 0.594. The van der Waals surface area contributed by atoms with Crippen LogP contribution < -0.4 is 9.13 Å². The van der Waals surface area contributed by atoms with Crippen molar-refractivity contribution in [2.45, 2.75) is 13.8 Å². The zero-order valence-electron chi connectivity index (χ0n) is 12.1. The summed E-state index contributed by atoms with van der Waals surface area (Å²) < 4.78 is 6.00. The standard InChI is InChI=1S/C6H8N.C5H9N2.C2H6.2Y/c1-7-5-3-2-4-6-7;1-6-3-4-7(2)5-6;1-2;;/h2-6H,1H3;3-5H,1-2H3;1-2H3;;/q2*+1;;;. The smallest absolute Gasteiger partial charge is 0.240 e. The SMILES string of the molecule is CC.C[n+]1ccccc1.Cn1cc[n+](C)c1.[Y].[Y]. The molecule has 5 heteroatoms. The summed E-state index contributed by atoms with van der Waals surface area (Å²) in [6, 6.07) is 6.00. The summed E-state index contributed by atoms with van der Waals surface area (Å²) in [7, 11) is 6.00. The number of aromatic nitrogens is 3. The largest absolute Gasteiger partial charge is 0.243 e. The van der Waals surface area contributed by atoms with Crippen LogP contribution in [0.4, 0.5) is 0 Å². The molecule has 2 radical (unpaired) electrons. The van der Waals surface area contributed by atoms with Crippen molar-refractivity contribution in [2.75, 3.05) is 0 Å². The summed E-state index contributed by atoms with van der Waals surface area (Å²) in [5, 5.41) is 0. The number of nitrogens with zero attached hydrogens (tertiary/aromatic N) is 3. The van der Waals surface area contributed by atoms with Gasteiger partial charge in [0.25, 0.3) is 0 Å². The Morgan fingerprint density at radius 3 is 1.44 bits per heavy atom. The Balaban J connectivity index is -0.000000200. The van der Waals surface area contributed by atoms with E-state index in [1.807, 2.05) is 98.0 Å². The fraction of sp³-hybridized carbons (Fsp3) is 0.385. The summed E-state index contributed by atoms with van der Waals surface area (Å²) >= 11 is 0. The van der Waals surface area contributed by atoms with Crippen molar-refractivity contribution in [3.63, 3.8) is 0 Å². The molecule has 2 aromatic rings. The van der Waals surface area contributed by atoms with Crippen molar-refractivity contribution >= 4 is 0 Å². The maximum absolute atomic E-state index is 2.00. The molecule has 0 atom stereocenters. The minimum Gasteiger partial charge on any atom is -0.240 e. The summed E-state index contributed by atoms with van der Waals surface area (Å²) in [4.78, 5) is 0. The van der Waals surface area contributed by atoms with Crippen LogP contribution in [0, 0.1) is 0 Å². The van der Waals surface area contributed by atoms with Crippen LogP contribution in [-0.2, 0) is 86.6 Å². The molecule has 0 N–H and O–H groups in total. The van der Waals surface area contributed by atoms with Crippen LogP contribution in [0.25, 0.3) is 0 Å². The Morgan fingerprint density at radius 1 is 0.778 bits per heavy atom. The van der Waals surface area contributed by atoms with E-state index in [1.165, 1.54) is 0 Å². The van der Waals surface area contributed by atoms with Crippen LogP contribution in [0.3, 0.4) is 0 Å². The molecule has 0 bridgehead atoms. The van der Waals surface area contributed by atoms with Gasteiger partial charge in [0.05, 0.1) is 14.1 Å². The minimum atomic E-state index is 0. The minimum absolute atomic E-state index is 0. The van der Waals surface area contributed by atoms with Gasteiger partial charge >= 0.3 is 0 Å². The zero-order valence-corrected chi connectivity index (χ0v) is 17.8. The molecule has 0 fully saturated rings. The van der Waals surface area contributed by atoms with E-state index in [0.717, 1.165) is 0 Å². The number of hydrogen-bond acceptors (Lipinski definition) is 0. The molecule has 0 amide bonds. The Bertz CT molecular complexity index is 358. The van der Waals surface area contributed by atoms with Crippen LogP contribution in [0.1, 0.15) is 13.8 Å². The van der Waals surface area contributed by atoms with Crippen LogP contribution in [0.5, 0.6) is 0 Å². The normalized spacial score (nSPS) is 7.39. The Labute approximate surface area is 161 Å². The molecule has 94 valence electrons. The first kappa shape index (κ1) is 23.6. The van der Waals surface area contributed by atoms with E-state index in [9.17, 15) is 0 Å². The molecule has 0 saturated carbocycles. The molecule has 0 saturated heterocycles. The van der Waals surface area contributed by atoms with Gasteiger partial charge in [-0.15, -0.1) is 0 Å². The average molecular weight is 399 g/mol. The first-order valence-electron chi connectivity index (χ1n) is 5.56. The van der Waals surface area contributed by atoms with E-state index < -0.39 is 0 Å².